The highest BCUT2D eigenvalue weighted by molar-refractivity contribution is 4.77. The van der Waals surface area contributed by atoms with Gasteiger partial charge in [0.2, 0.25) is 0 Å². The number of hydrogen-bond donors (Lipinski definition) is 1. The van der Waals surface area contributed by atoms with Gasteiger partial charge in [-0.2, -0.15) is 0 Å². The molecule has 1 rings (SSSR count). The van der Waals surface area contributed by atoms with Crippen molar-refractivity contribution < 1.29 is 0 Å². The Kier molecular flexibility index (Phi) is 5.62. The van der Waals surface area contributed by atoms with E-state index in [0.717, 1.165) is 24.9 Å². The first-order valence-corrected chi connectivity index (χ1v) is 6.55. The van der Waals surface area contributed by atoms with Crippen LogP contribution in [0.15, 0.2) is 0 Å². The highest BCUT2D eigenvalue weighted by atomic mass is 15.1. The zero-order valence-electron chi connectivity index (χ0n) is 10.9. The predicted octanol–water partition coefficient (Wildman–Crippen LogP) is 2.35. The lowest BCUT2D eigenvalue weighted by atomic mass is 9.98. The van der Waals surface area contributed by atoms with Crippen LogP contribution in [0, 0.1) is 11.8 Å². The van der Waals surface area contributed by atoms with E-state index in [4.69, 9.17) is 0 Å². The fourth-order valence-corrected chi connectivity index (χ4v) is 2.54. The molecule has 1 fully saturated rings. The number of nitrogens with zero attached hydrogens (tertiary/aromatic N) is 1. The summed E-state index contributed by atoms with van der Waals surface area (Å²) in [5, 5.41) is 3.68. The Balaban J connectivity index is 2.13. The predicted molar refractivity (Wildman–Crippen MR) is 67.1 cm³/mol. The molecule has 1 N–H and O–H groups in total. The second-order valence-corrected chi connectivity index (χ2v) is 5.33. The highest BCUT2D eigenvalue weighted by Gasteiger charge is 2.23. The van der Waals surface area contributed by atoms with Gasteiger partial charge in [-0.15, -0.1) is 0 Å². The zero-order valence-corrected chi connectivity index (χ0v) is 10.9. The molecule has 1 aliphatic rings. The van der Waals surface area contributed by atoms with Crippen LogP contribution in [0.5, 0.6) is 0 Å². The van der Waals surface area contributed by atoms with Crippen molar-refractivity contribution in [2.75, 3.05) is 26.7 Å². The molecule has 0 bridgehead atoms. The van der Waals surface area contributed by atoms with Crippen molar-refractivity contribution >= 4 is 0 Å². The molecular formula is C13H28N2. The smallest absolute Gasteiger partial charge is 0.0166 e. The van der Waals surface area contributed by atoms with Crippen LogP contribution >= 0.6 is 0 Å². The van der Waals surface area contributed by atoms with Gasteiger partial charge < -0.3 is 10.2 Å². The van der Waals surface area contributed by atoms with Crippen LogP contribution in [0.3, 0.4) is 0 Å². The van der Waals surface area contributed by atoms with E-state index < -0.39 is 0 Å². The molecule has 0 spiro atoms. The summed E-state index contributed by atoms with van der Waals surface area (Å²) >= 11 is 0. The van der Waals surface area contributed by atoms with E-state index in [2.05, 4.69) is 38.0 Å². The quantitative estimate of drug-likeness (QED) is 0.727. The fraction of sp³-hybridized carbons (Fsp3) is 1.00. The maximum atomic E-state index is 3.68. The SMILES string of the molecule is CCN(C)CC(C)NCC1CCCC1C. The first-order chi connectivity index (χ1) is 7.13. The summed E-state index contributed by atoms with van der Waals surface area (Å²) in [6.07, 6.45) is 4.32. The summed E-state index contributed by atoms with van der Waals surface area (Å²) in [6.45, 7) is 10.4. The maximum absolute atomic E-state index is 3.68. The Labute approximate surface area is 95.4 Å². The second-order valence-electron chi connectivity index (χ2n) is 5.33. The average molecular weight is 212 g/mol. The summed E-state index contributed by atoms with van der Waals surface area (Å²) in [5.74, 6) is 1.87. The van der Waals surface area contributed by atoms with Gasteiger partial charge in [0.05, 0.1) is 0 Å². The molecular weight excluding hydrogens is 184 g/mol. The van der Waals surface area contributed by atoms with Crippen molar-refractivity contribution in [2.24, 2.45) is 11.8 Å². The summed E-state index contributed by atoms with van der Waals surface area (Å²) in [4.78, 5) is 2.37. The van der Waals surface area contributed by atoms with Crippen LogP contribution in [-0.2, 0) is 0 Å². The molecule has 0 aliphatic heterocycles. The average Bonchev–Trinajstić information content (AvgIpc) is 2.61. The van der Waals surface area contributed by atoms with Gasteiger partial charge in [-0.1, -0.05) is 26.7 Å². The minimum Gasteiger partial charge on any atom is -0.313 e. The number of rotatable bonds is 6. The number of likely N-dealkylation sites (N-methyl/N-ethyl adjacent to an activating group) is 1. The van der Waals surface area contributed by atoms with E-state index >= 15 is 0 Å². The van der Waals surface area contributed by atoms with Crippen LogP contribution in [0.4, 0.5) is 0 Å². The van der Waals surface area contributed by atoms with Crippen LogP contribution in [0.2, 0.25) is 0 Å². The van der Waals surface area contributed by atoms with Gasteiger partial charge >= 0.3 is 0 Å². The van der Waals surface area contributed by atoms with Gasteiger partial charge in [0.15, 0.2) is 0 Å². The van der Waals surface area contributed by atoms with Gasteiger partial charge in [0.1, 0.15) is 0 Å². The van der Waals surface area contributed by atoms with Gasteiger partial charge in [0, 0.05) is 12.6 Å². The van der Waals surface area contributed by atoms with Crippen molar-refractivity contribution in [3.63, 3.8) is 0 Å². The molecule has 3 unspecified atom stereocenters. The molecule has 0 heterocycles. The molecule has 0 aromatic carbocycles. The van der Waals surface area contributed by atoms with Gasteiger partial charge in [-0.25, -0.2) is 0 Å². The summed E-state index contributed by atoms with van der Waals surface area (Å²) in [7, 11) is 2.19. The standard InChI is InChI=1S/C13H28N2/c1-5-15(4)10-12(3)14-9-13-8-6-7-11(13)2/h11-14H,5-10H2,1-4H3. The molecule has 90 valence electrons. The van der Waals surface area contributed by atoms with Crippen molar-refractivity contribution in [1.29, 1.82) is 0 Å². The summed E-state index contributed by atoms with van der Waals surface area (Å²) < 4.78 is 0. The van der Waals surface area contributed by atoms with Crippen molar-refractivity contribution in [2.45, 2.75) is 46.1 Å². The number of nitrogens with one attached hydrogen (secondary N) is 1. The molecule has 0 aromatic rings. The summed E-state index contributed by atoms with van der Waals surface area (Å²) in [5.41, 5.74) is 0. The van der Waals surface area contributed by atoms with E-state index in [1.807, 2.05) is 0 Å². The Morgan fingerprint density at radius 2 is 2.13 bits per heavy atom. The van der Waals surface area contributed by atoms with E-state index in [-0.39, 0.29) is 0 Å². The van der Waals surface area contributed by atoms with Crippen LogP contribution in [0.25, 0.3) is 0 Å². The van der Waals surface area contributed by atoms with Crippen LogP contribution < -0.4 is 5.32 Å². The van der Waals surface area contributed by atoms with Gasteiger partial charge in [-0.3, -0.25) is 0 Å². The monoisotopic (exact) mass is 212 g/mol. The Bertz CT molecular complexity index is 170. The minimum absolute atomic E-state index is 0.628. The first-order valence-electron chi connectivity index (χ1n) is 6.55. The zero-order chi connectivity index (χ0) is 11.3. The van der Waals surface area contributed by atoms with E-state index in [0.29, 0.717) is 6.04 Å². The van der Waals surface area contributed by atoms with Crippen LogP contribution in [-0.4, -0.2) is 37.6 Å². The molecule has 0 amide bonds. The molecule has 2 heteroatoms. The lowest BCUT2D eigenvalue weighted by molar-refractivity contribution is 0.292. The van der Waals surface area contributed by atoms with Crippen molar-refractivity contribution in [3.8, 4) is 0 Å². The van der Waals surface area contributed by atoms with E-state index in [9.17, 15) is 0 Å². The van der Waals surface area contributed by atoms with Gasteiger partial charge in [-0.05, 0) is 45.3 Å². The largest absolute Gasteiger partial charge is 0.313 e. The van der Waals surface area contributed by atoms with Crippen molar-refractivity contribution in [1.82, 2.24) is 10.2 Å². The second kappa shape index (κ2) is 6.49. The third-order valence-corrected chi connectivity index (χ3v) is 3.89. The molecule has 15 heavy (non-hydrogen) atoms. The Morgan fingerprint density at radius 1 is 1.40 bits per heavy atom. The third-order valence-electron chi connectivity index (χ3n) is 3.89. The minimum atomic E-state index is 0.628. The maximum Gasteiger partial charge on any atom is 0.0166 e. The Hall–Kier alpha value is -0.0800. The molecule has 0 aromatic heterocycles. The molecule has 3 atom stereocenters. The molecule has 1 aliphatic carbocycles. The van der Waals surface area contributed by atoms with Crippen molar-refractivity contribution in [3.05, 3.63) is 0 Å². The van der Waals surface area contributed by atoms with E-state index in [1.54, 1.807) is 0 Å². The molecule has 0 radical (unpaired) electrons. The fourth-order valence-electron chi connectivity index (χ4n) is 2.54. The topological polar surface area (TPSA) is 15.3 Å². The molecule has 2 nitrogen and oxygen atoms in total. The lowest BCUT2D eigenvalue weighted by Crippen LogP contribution is -2.39. The summed E-state index contributed by atoms with van der Waals surface area (Å²) in [6, 6.07) is 0.628. The highest BCUT2D eigenvalue weighted by Crippen LogP contribution is 2.30. The van der Waals surface area contributed by atoms with E-state index in [1.165, 1.54) is 25.8 Å². The lowest BCUT2D eigenvalue weighted by Gasteiger charge is -2.23. The number of hydrogen-bond acceptors (Lipinski definition) is 2. The third kappa shape index (κ3) is 4.52. The first kappa shape index (κ1) is 13.0. The van der Waals surface area contributed by atoms with Crippen LogP contribution in [0.1, 0.15) is 40.0 Å². The molecule has 0 saturated heterocycles. The normalized spacial score (nSPS) is 28.6. The Morgan fingerprint density at radius 3 is 2.67 bits per heavy atom. The molecule has 1 saturated carbocycles. The van der Waals surface area contributed by atoms with Gasteiger partial charge in [0.25, 0.3) is 0 Å².